The predicted molar refractivity (Wildman–Crippen MR) is 77.7 cm³/mol. The fraction of sp³-hybridized carbons (Fsp3) is 0.562. The minimum Gasteiger partial charge on any atom is -0.497 e. The Morgan fingerprint density at radius 3 is 2.80 bits per heavy atom. The van der Waals surface area contributed by atoms with Gasteiger partial charge in [-0.3, -0.25) is 4.79 Å². The van der Waals surface area contributed by atoms with E-state index in [2.05, 4.69) is 0 Å². The number of aliphatic hydroxyl groups is 1. The van der Waals surface area contributed by atoms with Crippen molar-refractivity contribution >= 4 is 5.91 Å². The standard InChI is InChI=1S/C16H23NO3/c1-20-15-4-2-3-13(11-15)5-6-16(19)17-9-7-14(12-18)8-10-17/h2-4,11,14,18H,5-10,12H2,1H3. The zero-order valence-corrected chi connectivity index (χ0v) is 12.0. The normalized spacial score (nSPS) is 16.2. The van der Waals surface area contributed by atoms with Crippen LogP contribution < -0.4 is 4.74 Å². The van der Waals surface area contributed by atoms with Crippen molar-refractivity contribution in [3.63, 3.8) is 0 Å². The van der Waals surface area contributed by atoms with Gasteiger partial charge in [-0.2, -0.15) is 0 Å². The summed E-state index contributed by atoms with van der Waals surface area (Å²) in [7, 11) is 1.65. The van der Waals surface area contributed by atoms with Gasteiger partial charge >= 0.3 is 0 Å². The van der Waals surface area contributed by atoms with Gasteiger partial charge in [-0.15, -0.1) is 0 Å². The van der Waals surface area contributed by atoms with E-state index < -0.39 is 0 Å². The second-order valence-electron chi connectivity index (χ2n) is 5.36. The van der Waals surface area contributed by atoms with E-state index >= 15 is 0 Å². The number of hydrogen-bond acceptors (Lipinski definition) is 3. The van der Waals surface area contributed by atoms with E-state index in [4.69, 9.17) is 9.84 Å². The molecule has 1 saturated heterocycles. The Labute approximate surface area is 120 Å². The van der Waals surface area contributed by atoms with E-state index in [1.807, 2.05) is 29.2 Å². The van der Waals surface area contributed by atoms with Crippen LogP contribution in [0.25, 0.3) is 0 Å². The van der Waals surface area contributed by atoms with Gasteiger partial charge in [-0.05, 0) is 42.9 Å². The van der Waals surface area contributed by atoms with Gasteiger partial charge in [-0.1, -0.05) is 12.1 Å². The Balaban J connectivity index is 1.80. The molecule has 1 fully saturated rings. The summed E-state index contributed by atoms with van der Waals surface area (Å²) in [6.45, 7) is 1.80. The Kier molecular flexibility index (Phi) is 5.41. The largest absolute Gasteiger partial charge is 0.497 e. The van der Waals surface area contributed by atoms with Crippen molar-refractivity contribution in [1.29, 1.82) is 0 Å². The molecule has 0 saturated carbocycles. The number of aliphatic hydroxyl groups excluding tert-OH is 1. The predicted octanol–water partition coefficient (Wildman–Crippen LogP) is 1.86. The second kappa shape index (κ2) is 7.29. The summed E-state index contributed by atoms with van der Waals surface area (Å²) in [6.07, 6.45) is 3.12. The summed E-state index contributed by atoms with van der Waals surface area (Å²) in [5, 5.41) is 9.10. The highest BCUT2D eigenvalue weighted by Crippen LogP contribution is 2.18. The van der Waals surface area contributed by atoms with Gasteiger partial charge in [0.2, 0.25) is 5.91 Å². The first-order valence-electron chi connectivity index (χ1n) is 7.24. The Hall–Kier alpha value is -1.55. The number of nitrogens with zero attached hydrogens (tertiary/aromatic N) is 1. The first-order valence-corrected chi connectivity index (χ1v) is 7.24. The average molecular weight is 277 g/mol. The average Bonchev–Trinajstić information content (AvgIpc) is 2.53. The topological polar surface area (TPSA) is 49.8 Å². The van der Waals surface area contributed by atoms with Crippen LogP contribution in [0.2, 0.25) is 0 Å². The van der Waals surface area contributed by atoms with Crippen LogP contribution in [0, 0.1) is 5.92 Å². The molecule has 1 amide bonds. The number of amides is 1. The van der Waals surface area contributed by atoms with Crippen molar-refractivity contribution in [2.24, 2.45) is 5.92 Å². The molecule has 20 heavy (non-hydrogen) atoms. The zero-order chi connectivity index (χ0) is 14.4. The third-order valence-electron chi connectivity index (χ3n) is 3.99. The first kappa shape index (κ1) is 14.9. The molecule has 1 N–H and O–H groups in total. The lowest BCUT2D eigenvalue weighted by Crippen LogP contribution is -2.39. The molecule has 1 heterocycles. The molecule has 4 heteroatoms. The maximum absolute atomic E-state index is 12.2. The van der Waals surface area contributed by atoms with Crippen molar-refractivity contribution in [3.05, 3.63) is 29.8 Å². The lowest BCUT2D eigenvalue weighted by atomic mass is 9.97. The SMILES string of the molecule is COc1cccc(CCC(=O)N2CCC(CO)CC2)c1. The van der Waals surface area contributed by atoms with Gasteiger partial charge in [0.05, 0.1) is 7.11 Å². The highest BCUT2D eigenvalue weighted by atomic mass is 16.5. The lowest BCUT2D eigenvalue weighted by molar-refractivity contribution is -0.132. The van der Waals surface area contributed by atoms with Crippen LogP contribution >= 0.6 is 0 Å². The molecule has 1 aliphatic heterocycles. The zero-order valence-electron chi connectivity index (χ0n) is 12.0. The highest BCUT2D eigenvalue weighted by molar-refractivity contribution is 5.76. The second-order valence-corrected chi connectivity index (χ2v) is 5.36. The van der Waals surface area contributed by atoms with Gasteiger partial charge in [0.25, 0.3) is 0 Å². The molecule has 1 aromatic rings. The number of likely N-dealkylation sites (tertiary alicyclic amines) is 1. The molecular formula is C16H23NO3. The molecule has 110 valence electrons. The molecule has 0 radical (unpaired) electrons. The van der Waals surface area contributed by atoms with E-state index in [-0.39, 0.29) is 12.5 Å². The molecule has 0 atom stereocenters. The molecule has 0 aliphatic carbocycles. The maximum Gasteiger partial charge on any atom is 0.222 e. The van der Waals surface area contributed by atoms with Crippen LogP contribution in [-0.4, -0.2) is 42.7 Å². The van der Waals surface area contributed by atoms with E-state index in [1.54, 1.807) is 7.11 Å². The van der Waals surface area contributed by atoms with Crippen LogP contribution in [0.3, 0.4) is 0 Å². The van der Waals surface area contributed by atoms with Crippen molar-refractivity contribution in [1.82, 2.24) is 4.90 Å². The minimum absolute atomic E-state index is 0.212. The number of piperidine rings is 1. The van der Waals surface area contributed by atoms with E-state index in [0.717, 1.165) is 43.7 Å². The number of rotatable bonds is 5. The van der Waals surface area contributed by atoms with E-state index in [1.165, 1.54) is 0 Å². The van der Waals surface area contributed by atoms with Gasteiger partial charge in [0.1, 0.15) is 5.75 Å². The summed E-state index contributed by atoms with van der Waals surface area (Å²) in [5.41, 5.74) is 1.13. The van der Waals surface area contributed by atoms with Crippen molar-refractivity contribution < 1.29 is 14.6 Å². The molecule has 0 bridgehead atoms. The van der Waals surface area contributed by atoms with E-state index in [9.17, 15) is 4.79 Å². The number of carbonyl (C=O) groups is 1. The van der Waals surface area contributed by atoms with Gasteiger partial charge < -0.3 is 14.7 Å². The number of hydrogen-bond donors (Lipinski definition) is 1. The smallest absolute Gasteiger partial charge is 0.222 e. The maximum atomic E-state index is 12.2. The van der Waals surface area contributed by atoms with Crippen molar-refractivity contribution in [2.75, 3.05) is 26.8 Å². The van der Waals surface area contributed by atoms with Gasteiger partial charge in [0.15, 0.2) is 0 Å². The number of ether oxygens (including phenoxy) is 1. The van der Waals surface area contributed by atoms with Crippen LogP contribution in [0.1, 0.15) is 24.8 Å². The summed E-state index contributed by atoms with van der Waals surface area (Å²) in [6, 6.07) is 7.86. The molecular weight excluding hydrogens is 254 g/mol. The molecule has 1 aromatic carbocycles. The Morgan fingerprint density at radius 1 is 1.40 bits per heavy atom. The summed E-state index contributed by atoms with van der Waals surface area (Å²) in [5.74, 6) is 1.42. The fourth-order valence-corrected chi connectivity index (χ4v) is 2.60. The fourth-order valence-electron chi connectivity index (χ4n) is 2.60. The first-order chi connectivity index (χ1) is 9.72. The number of methoxy groups -OCH3 is 1. The Bertz CT molecular complexity index is 439. The van der Waals surface area contributed by atoms with Crippen molar-refractivity contribution in [2.45, 2.75) is 25.7 Å². The lowest BCUT2D eigenvalue weighted by Gasteiger charge is -2.31. The van der Waals surface area contributed by atoms with Crippen LogP contribution in [0.5, 0.6) is 5.75 Å². The monoisotopic (exact) mass is 277 g/mol. The third kappa shape index (κ3) is 3.97. The Morgan fingerprint density at radius 2 is 2.15 bits per heavy atom. The van der Waals surface area contributed by atoms with Gasteiger partial charge in [0, 0.05) is 26.1 Å². The highest BCUT2D eigenvalue weighted by Gasteiger charge is 2.21. The molecule has 1 aliphatic rings. The van der Waals surface area contributed by atoms with E-state index in [0.29, 0.717) is 12.3 Å². The molecule has 0 unspecified atom stereocenters. The minimum atomic E-state index is 0.212. The van der Waals surface area contributed by atoms with Crippen LogP contribution in [-0.2, 0) is 11.2 Å². The number of carbonyl (C=O) groups excluding carboxylic acids is 1. The summed E-state index contributed by atoms with van der Waals surface area (Å²) >= 11 is 0. The summed E-state index contributed by atoms with van der Waals surface area (Å²) in [4.78, 5) is 14.1. The number of aryl methyl sites for hydroxylation is 1. The van der Waals surface area contributed by atoms with Gasteiger partial charge in [-0.25, -0.2) is 0 Å². The molecule has 0 spiro atoms. The molecule has 2 rings (SSSR count). The van der Waals surface area contributed by atoms with Crippen LogP contribution in [0.15, 0.2) is 24.3 Å². The molecule has 0 aromatic heterocycles. The van der Waals surface area contributed by atoms with Crippen LogP contribution in [0.4, 0.5) is 0 Å². The molecule has 4 nitrogen and oxygen atoms in total. The summed E-state index contributed by atoms with van der Waals surface area (Å²) < 4.78 is 5.18. The van der Waals surface area contributed by atoms with Crippen molar-refractivity contribution in [3.8, 4) is 5.75 Å². The number of benzene rings is 1. The quantitative estimate of drug-likeness (QED) is 0.893. The third-order valence-corrected chi connectivity index (χ3v) is 3.99.